The van der Waals surface area contributed by atoms with E-state index in [9.17, 15) is 19.7 Å². The van der Waals surface area contributed by atoms with Gasteiger partial charge >= 0.3 is 5.97 Å². The summed E-state index contributed by atoms with van der Waals surface area (Å²) in [6.07, 6.45) is 1.03. The molecular weight excluding hydrogens is 476 g/mol. The van der Waals surface area contributed by atoms with Crippen LogP contribution >= 0.6 is 0 Å². The largest absolute Gasteiger partial charge is 0.493 e. The molecule has 0 saturated carbocycles. The Hall–Kier alpha value is -4.14. The van der Waals surface area contributed by atoms with Crippen LogP contribution in [-0.2, 0) is 20.9 Å². The summed E-state index contributed by atoms with van der Waals surface area (Å²) >= 11 is 0. The molecule has 9 nitrogen and oxygen atoms in total. The van der Waals surface area contributed by atoms with Crippen molar-refractivity contribution in [3.8, 4) is 11.5 Å². The standard InChI is InChI=1S/C28H30N2O7/c1-16-24(27(32)36-5)25(26-20(29-16)13-28(2,3)14-21(26)31)18-8-11-22(23(12-18)35-4)37-15-17-6-9-19(10-7-17)30(33)34/h6-12,24-25,29H,1,13-15H2,2-5H3. The molecule has 2 aromatic carbocycles. The molecule has 1 N–H and O–H groups in total. The number of benzene rings is 2. The summed E-state index contributed by atoms with van der Waals surface area (Å²) in [6, 6.07) is 11.4. The van der Waals surface area contributed by atoms with E-state index in [4.69, 9.17) is 14.2 Å². The number of nitro groups is 1. The number of nitro benzene ring substituents is 1. The fourth-order valence-electron chi connectivity index (χ4n) is 5.08. The van der Waals surface area contributed by atoms with E-state index < -0.39 is 22.7 Å². The highest BCUT2D eigenvalue weighted by Gasteiger charge is 2.46. The van der Waals surface area contributed by atoms with E-state index in [2.05, 4.69) is 11.9 Å². The summed E-state index contributed by atoms with van der Waals surface area (Å²) in [4.78, 5) is 36.6. The van der Waals surface area contributed by atoms with Crippen molar-refractivity contribution < 1.29 is 28.7 Å². The fraction of sp³-hybridized carbons (Fsp3) is 0.357. The molecule has 0 spiro atoms. The van der Waals surface area contributed by atoms with Gasteiger partial charge in [-0.1, -0.05) is 26.5 Å². The molecule has 1 aliphatic carbocycles. The Morgan fingerprint density at radius 2 is 1.84 bits per heavy atom. The zero-order valence-corrected chi connectivity index (χ0v) is 21.3. The van der Waals surface area contributed by atoms with E-state index in [1.54, 1.807) is 24.3 Å². The molecule has 1 aliphatic heterocycles. The molecule has 2 aromatic rings. The number of Topliss-reactive ketones (excluding diaryl/α,β-unsaturated/α-hetero) is 1. The van der Waals surface area contributed by atoms with Gasteiger partial charge in [0.2, 0.25) is 0 Å². The Kier molecular flexibility index (Phi) is 7.07. The van der Waals surface area contributed by atoms with Gasteiger partial charge in [0.25, 0.3) is 5.69 Å². The van der Waals surface area contributed by atoms with Crippen molar-refractivity contribution in [3.63, 3.8) is 0 Å². The monoisotopic (exact) mass is 506 g/mol. The molecule has 1 heterocycles. The van der Waals surface area contributed by atoms with Crippen molar-refractivity contribution in [1.82, 2.24) is 5.32 Å². The van der Waals surface area contributed by atoms with Crippen LogP contribution in [0.5, 0.6) is 11.5 Å². The van der Waals surface area contributed by atoms with Crippen LogP contribution < -0.4 is 14.8 Å². The lowest BCUT2D eigenvalue weighted by molar-refractivity contribution is -0.384. The molecule has 0 bridgehead atoms. The number of esters is 1. The number of allylic oxidation sites excluding steroid dienone is 2. The first-order valence-electron chi connectivity index (χ1n) is 11.9. The maximum absolute atomic E-state index is 13.4. The van der Waals surface area contributed by atoms with Gasteiger partial charge in [-0.25, -0.2) is 0 Å². The minimum Gasteiger partial charge on any atom is -0.493 e. The van der Waals surface area contributed by atoms with Gasteiger partial charge in [-0.3, -0.25) is 19.7 Å². The topological polar surface area (TPSA) is 117 Å². The van der Waals surface area contributed by atoms with Gasteiger partial charge in [0.1, 0.15) is 12.5 Å². The predicted molar refractivity (Wildman–Crippen MR) is 136 cm³/mol. The zero-order chi connectivity index (χ0) is 26.9. The third kappa shape index (κ3) is 5.21. The van der Waals surface area contributed by atoms with Crippen molar-refractivity contribution >= 4 is 17.4 Å². The second kappa shape index (κ2) is 10.1. The number of methoxy groups -OCH3 is 2. The number of ketones is 1. The minimum atomic E-state index is -0.787. The molecule has 2 aliphatic rings. The van der Waals surface area contributed by atoms with Crippen molar-refractivity contribution in [2.24, 2.45) is 11.3 Å². The molecule has 4 rings (SSSR count). The zero-order valence-electron chi connectivity index (χ0n) is 21.3. The van der Waals surface area contributed by atoms with Crippen molar-refractivity contribution in [2.75, 3.05) is 14.2 Å². The summed E-state index contributed by atoms with van der Waals surface area (Å²) in [5, 5.41) is 14.1. The van der Waals surface area contributed by atoms with E-state index in [1.807, 2.05) is 19.9 Å². The molecule has 2 unspecified atom stereocenters. The quantitative estimate of drug-likeness (QED) is 0.323. The molecule has 194 valence electrons. The second-order valence-corrected chi connectivity index (χ2v) is 10.1. The number of ether oxygens (including phenoxy) is 3. The van der Waals surface area contributed by atoms with Crippen LogP contribution in [-0.4, -0.2) is 30.9 Å². The van der Waals surface area contributed by atoms with Gasteiger partial charge in [0.15, 0.2) is 17.3 Å². The lowest BCUT2D eigenvalue weighted by Crippen LogP contribution is -2.43. The molecule has 9 heteroatoms. The maximum atomic E-state index is 13.4. The summed E-state index contributed by atoms with van der Waals surface area (Å²) in [5.41, 5.74) is 3.10. The Morgan fingerprint density at radius 1 is 1.14 bits per heavy atom. The van der Waals surface area contributed by atoms with Crippen LogP contribution in [0.4, 0.5) is 5.69 Å². The Bertz CT molecular complexity index is 1290. The summed E-state index contributed by atoms with van der Waals surface area (Å²) in [6.45, 7) is 8.35. The average Bonchev–Trinajstić information content (AvgIpc) is 2.85. The van der Waals surface area contributed by atoms with Crippen LogP contribution in [0.25, 0.3) is 0 Å². The van der Waals surface area contributed by atoms with Crippen molar-refractivity contribution in [2.45, 2.75) is 39.2 Å². The highest BCUT2D eigenvalue weighted by atomic mass is 16.6. The summed E-state index contributed by atoms with van der Waals surface area (Å²) in [5.74, 6) is -0.982. The van der Waals surface area contributed by atoms with Gasteiger partial charge in [-0.2, -0.15) is 0 Å². The highest BCUT2D eigenvalue weighted by molar-refractivity contribution is 6.00. The van der Waals surface area contributed by atoms with Crippen molar-refractivity contribution in [3.05, 3.63) is 87.3 Å². The number of hydrogen-bond donors (Lipinski definition) is 1. The van der Waals surface area contributed by atoms with E-state index in [0.717, 1.165) is 11.3 Å². The van der Waals surface area contributed by atoms with E-state index in [-0.39, 0.29) is 23.5 Å². The molecule has 0 amide bonds. The molecule has 0 aromatic heterocycles. The van der Waals surface area contributed by atoms with Gasteiger partial charge < -0.3 is 19.5 Å². The number of hydrogen-bond acceptors (Lipinski definition) is 8. The molecular formula is C28H30N2O7. The molecule has 0 fully saturated rings. The van der Waals surface area contributed by atoms with Gasteiger partial charge in [-0.15, -0.1) is 0 Å². The number of rotatable bonds is 7. The third-order valence-corrected chi connectivity index (χ3v) is 6.79. The summed E-state index contributed by atoms with van der Waals surface area (Å²) in [7, 11) is 2.83. The molecule has 0 saturated heterocycles. The normalized spacial score (nSPS) is 20.5. The van der Waals surface area contributed by atoms with E-state index in [1.165, 1.54) is 26.4 Å². The number of nitrogens with one attached hydrogen (secondary N) is 1. The number of non-ortho nitro benzene ring substituents is 1. The van der Waals surface area contributed by atoms with Crippen LogP contribution in [0.3, 0.4) is 0 Å². The summed E-state index contributed by atoms with van der Waals surface area (Å²) < 4.78 is 16.6. The van der Waals surface area contributed by atoms with Gasteiger partial charge in [-0.05, 0) is 47.2 Å². The molecule has 37 heavy (non-hydrogen) atoms. The lowest BCUT2D eigenvalue weighted by Gasteiger charge is -2.42. The first-order valence-corrected chi connectivity index (χ1v) is 11.9. The average molecular weight is 507 g/mol. The van der Waals surface area contributed by atoms with Gasteiger partial charge in [0, 0.05) is 41.4 Å². The Morgan fingerprint density at radius 3 is 2.46 bits per heavy atom. The van der Waals surface area contributed by atoms with Crippen LogP contribution in [0, 0.1) is 21.4 Å². The first kappa shape index (κ1) is 25.9. The fourth-order valence-corrected chi connectivity index (χ4v) is 5.08. The third-order valence-electron chi connectivity index (χ3n) is 6.79. The Balaban J connectivity index is 1.69. The van der Waals surface area contributed by atoms with Crippen molar-refractivity contribution in [1.29, 1.82) is 0 Å². The number of nitrogens with zero attached hydrogens (tertiary/aromatic N) is 1. The lowest BCUT2D eigenvalue weighted by atomic mass is 9.66. The number of carbonyl (C=O) groups is 2. The maximum Gasteiger partial charge on any atom is 0.315 e. The first-order chi connectivity index (χ1) is 17.5. The van der Waals surface area contributed by atoms with E-state index >= 15 is 0 Å². The minimum absolute atomic E-state index is 0.00345. The van der Waals surface area contributed by atoms with Crippen LogP contribution in [0.1, 0.15) is 43.7 Å². The molecule has 0 radical (unpaired) electrons. The van der Waals surface area contributed by atoms with Crippen LogP contribution in [0.2, 0.25) is 0 Å². The molecule has 2 atom stereocenters. The second-order valence-electron chi connectivity index (χ2n) is 10.1. The van der Waals surface area contributed by atoms with Gasteiger partial charge in [0.05, 0.1) is 19.1 Å². The van der Waals surface area contributed by atoms with Crippen LogP contribution in [0.15, 0.2) is 66.0 Å². The smallest absolute Gasteiger partial charge is 0.315 e. The highest BCUT2D eigenvalue weighted by Crippen LogP contribution is 2.49. The predicted octanol–water partition coefficient (Wildman–Crippen LogP) is 4.82. The SMILES string of the molecule is C=C1NC2=C(C(=O)CC(C)(C)C2)C(c2ccc(OCc3ccc([N+](=O)[O-])cc3)c(OC)c2)C1C(=O)OC. The van der Waals surface area contributed by atoms with E-state index in [0.29, 0.717) is 41.2 Å². The Labute approximate surface area is 215 Å². The number of carbonyl (C=O) groups excluding carboxylic acids is 2.